The molecule has 0 atom stereocenters. The summed E-state index contributed by atoms with van der Waals surface area (Å²) < 4.78 is 32.6. The summed E-state index contributed by atoms with van der Waals surface area (Å²) in [6.07, 6.45) is 1.58. The van der Waals surface area contributed by atoms with E-state index in [2.05, 4.69) is 35.9 Å². The fraction of sp³-hybridized carbons (Fsp3) is 0.240. The Kier molecular flexibility index (Phi) is 7.25. The Hall–Kier alpha value is -2.96. The molecular weight excluding hydrogens is 410 g/mol. The highest BCUT2D eigenvalue weighted by atomic mass is 32.2. The van der Waals surface area contributed by atoms with Gasteiger partial charge in [0, 0.05) is 6.54 Å². The summed E-state index contributed by atoms with van der Waals surface area (Å²) in [7, 11) is -2.46. The molecule has 0 amide bonds. The van der Waals surface area contributed by atoms with Crippen LogP contribution < -0.4 is 4.72 Å². The zero-order valence-corrected chi connectivity index (χ0v) is 18.8. The van der Waals surface area contributed by atoms with Gasteiger partial charge in [-0.15, -0.1) is 0 Å². The van der Waals surface area contributed by atoms with E-state index in [0.717, 1.165) is 23.1 Å². The molecule has 0 spiro atoms. The van der Waals surface area contributed by atoms with Crippen molar-refractivity contribution in [3.63, 3.8) is 0 Å². The number of hydrogen-bond acceptors (Lipinski definition) is 4. The van der Waals surface area contributed by atoms with Gasteiger partial charge in [-0.2, -0.15) is 0 Å². The molecule has 6 heteroatoms. The van der Waals surface area contributed by atoms with Gasteiger partial charge in [-0.1, -0.05) is 61.5 Å². The second kappa shape index (κ2) is 9.90. The van der Waals surface area contributed by atoms with Crippen LogP contribution in [0, 0.1) is 6.92 Å². The fourth-order valence-electron chi connectivity index (χ4n) is 3.31. The van der Waals surface area contributed by atoms with Crippen LogP contribution in [0.25, 0.3) is 11.1 Å². The predicted octanol–water partition coefficient (Wildman–Crippen LogP) is 4.53. The number of esters is 1. The number of ether oxygens (including phenoxy) is 1. The lowest BCUT2D eigenvalue weighted by Gasteiger charge is -2.10. The molecule has 0 saturated carbocycles. The SMILES string of the molecule is CCc1ccc(-c2ccc(CCNS(=O)(=O)c3ccc(C)c(C(=O)OC)c3)cc2)cc1. The minimum atomic E-state index is -3.73. The molecule has 3 rings (SSSR count). The third-order valence-corrected chi connectivity index (χ3v) is 6.74. The number of nitrogens with one attached hydrogen (secondary N) is 1. The highest BCUT2D eigenvalue weighted by molar-refractivity contribution is 7.89. The van der Waals surface area contributed by atoms with Gasteiger partial charge in [0.25, 0.3) is 0 Å². The lowest BCUT2D eigenvalue weighted by atomic mass is 10.0. The first-order valence-corrected chi connectivity index (χ1v) is 11.7. The monoisotopic (exact) mass is 437 g/mol. The van der Waals surface area contributed by atoms with Crippen molar-refractivity contribution in [3.05, 3.63) is 89.0 Å². The summed E-state index contributed by atoms with van der Waals surface area (Å²) in [5, 5.41) is 0. The van der Waals surface area contributed by atoms with Crippen LogP contribution in [0.5, 0.6) is 0 Å². The van der Waals surface area contributed by atoms with Crippen molar-refractivity contribution < 1.29 is 17.9 Å². The zero-order valence-electron chi connectivity index (χ0n) is 18.0. The van der Waals surface area contributed by atoms with E-state index in [-0.39, 0.29) is 17.0 Å². The molecule has 1 N–H and O–H groups in total. The zero-order chi connectivity index (χ0) is 22.4. The molecule has 3 aromatic carbocycles. The molecule has 162 valence electrons. The van der Waals surface area contributed by atoms with Gasteiger partial charge in [0.15, 0.2) is 0 Å². The Bertz CT molecular complexity index is 1150. The van der Waals surface area contributed by atoms with Gasteiger partial charge < -0.3 is 4.74 Å². The van der Waals surface area contributed by atoms with Crippen molar-refractivity contribution in [2.45, 2.75) is 31.6 Å². The molecule has 0 aliphatic rings. The van der Waals surface area contributed by atoms with E-state index < -0.39 is 16.0 Å². The van der Waals surface area contributed by atoms with Crippen LogP contribution in [0.15, 0.2) is 71.6 Å². The van der Waals surface area contributed by atoms with Crippen molar-refractivity contribution in [2.24, 2.45) is 0 Å². The first-order chi connectivity index (χ1) is 14.8. The summed E-state index contributed by atoms with van der Waals surface area (Å²) in [6, 6.07) is 21.1. The minimum Gasteiger partial charge on any atom is -0.465 e. The highest BCUT2D eigenvalue weighted by Crippen LogP contribution is 2.21. The Labute approximate surface area is 184 Å². The van der Waals surface area contributed by atoms with E-state index in [1.54, 1.807) is 13.0 Å². The Morgan fingerprint density at radius 3 is 2.03 bits per heavy atom. The number of benzene rings is 3. The number of aryl methyl sites for hydroxylation is 2. The molecule has 3 aromatic rings. The standard InChI is InChI=1S/C25H27NO4S/c1-4-19-6-10-21(11-7-19)22-12-8-20(9-13-22)15-16-26-31(28,29)23-14-5-18(2)24(17-23)25(27)30-3/h5-14,17,26H,4,15-16H2,1-3H3. The third kappa shape index (κ3) is 5.60. The first-order valence-electron chi connectivity index (χ1n) is 10.2. The third-order valence-electron chi connectivity index (χ3n) is 5.28. The van der Waals surface area contributed by atoms with Gasteiger partial charge in [0.2, 0.25) is 10.0 Å². The molecule has 0 heterocycles. The lowest BCUT2D eigenvalue weighted by Crippen LogP contribution is -2.26. The van der Waals surface area contributed by atoms with Crippen LogP contribution in [-0.4, -0.2) is 28.0 Å². The molecule has 0 aromatic heterocycles. The number of rotatable bonds is 8. The minimum absolute atomic E-state index is 0.0457. The molecule has 0 aliphatic heterocycles. The molecular formula is C25H27NO4S. The lowest BCUT2D eigenvalue weighted by molar-refractivity contribution is 0.0599. The van der Waals surface area contributed by atoms with Gasteiger partial charge in [0.1, 0.15) is 0 Å². The van der Waals surface area contributed by atoms with Crippen molar-refractivity contribution in [1.82, 2.24) is 4.72 Å². The van der Waals surface area contributed by atoms with Crippen LogP contribution in [0.4, 0.5) is 0 Å². The van der Waals surface area contributed by atoms with Gasteiger partial charge >= 0.3 is 5.97 Å². The number of sulfonamides is 1. The average Bonchev–Trinajstić information content (AvgIpc) is 2.79. The van der Waals surface area contributed by atoms with Crippen molar-refractivity contribution in [2.75, 3.05) is 13.7 Å². The molecule has 0 aliphatic carbocycles. The molecule has 5 nitrogen and oxygen atoms in total. The Balaban J connectivity index is 1.63. The summed E-state index contributed by atoms with van der Waals surface area (Å²) >= 11 is 0. The smallest absolute Gasteiger partial charge is 0.338 e. The number of carbonyl (C=O) groups excluding carboxylic acids is 1. The molecule has 0 radical (unpaired) electrons. The maximum Gasteiger partial charge on any atom is 0.338 e. The average molecular weight is 438 g/mol. The molecule has 0 unspecified atom stereocenters. The number of hydrogen-bond donors (Lipinski definition) is 1. The van der Waals surface area contributed by atoms with Crippen LogP contribution >= 0.6 is 0 Å². The van der Waals surface area contributed by atoms with Crippen molar-refractivity contribution in [3.8, 4) is 11.1 Å². The quantitative estimate of drug-likeness (QED) is 0.526. The van der Waals surface area contributed by atoms with Gasteiger partial charge in [-0.25, -0.2) is 17.9 Å². The van der Waals surface area contributed by atoms with Gasteiger partial charge in [0.05, 0.1) is 17.6 Å². The molecule has 31 heavy (non-hydrogen) atoms. The van der Waals surface area contributed by atoms with Gasteiger partial charge in [-0.3, -0.25) is 0 Å². The second-order valence-corrected chi connectivity index (χ2v) is 9.13. The molecule has 0 saturated heterocycles. The maximum absolute atomic E-state index is 12.6. The van der Waals surface area contributed by atoms with Crippen LogP contribution in [0.2, 0.25) is 0 Å². The van der Waals surface area contributed by atoms with E-state index >= 15 is 0 Å². The van der Waals surface area contributed by atoms with E-state index in [1.165, 1.54) is 24.8 Å². The number of carbonyl (C=O) groups is 1. The largest absolute Gasteiger partial charge is 0.465 e. The van der Waals surface area contributed by atoms with Gasteiger partial charge in [-0.05, 0) is 59.7 Å². The number of methoxy groups -OCH3 is 1. The van der Waals surface area contributed by atoms with E-state index in [1.807, 2.05) is 24.3 Å². The summed E-state index contributed by atoms with van der Waals surface area (Å²) in [6.45, 7) is 4.13. The van der Waals surface area contributed by atoms with E-state index in [0.29, 0.717) is 12.0 Å². The van der Waals surface area contributed by atoms with E-state index in [9.17, 15) is 13.2 Å². The summed E-state index contributed by atoms with van der Waals surface area (Å²) in [4.78, 5) is 11.9. The van der Waals surface area contributed by atoms with Crippen molar-refractivity contribution >= 4 is 16.0 Å². The van der Waals surface area contributed by atoms with Crippen LogP contribution in [-0.2, 0) is 27.6 Å². The maximum atomic E-state index is 12.6. The molecule has 0 fully saturated rings. The van der Waals surface area contributed by atoms with Crippen molar-refractivity contribution in [1.29, 1.82) is 0 Å². The second-order valence-electron chi connectivity index (χ2n) is 7.36. The van der Waals surface area contributed by atoms with Crippen LogP contribution in [0.3, 0.4) is 0 Å². The predicted molar refractivity (Wildman–Crippen MR) is 123 cm³/mol. The first kappa shape index (κ1) is 22.7. The fourth-order valence-corrected chi connectivity index (χ4v) is 4.37. The summed E-state index contributed by atoms with van der Waals surface area (Å²) in [5.74, 6) is -0.557. The topological polar surface area (TPSA) is 72.5 Å². The Morgan fingerprint density at radius 1 is 0.903 bits per heavy atom. The van der Waals surface area contributed by atoms with E-state index in [4.69, 9.17) is 4.74 Å². The Morgan fingerprint density at radius 2 is 1.48 bits per heavy atom. The molecule has 0 bridgehead atoms. The summed E-state index contributed by atoms with van der Waals surface area (Å²) in [5.41, 5.74) is 5.53. The highest BCUT2D eigenvalue weighted by Gasteiger charge is 2.18. The van der Waals surface area contributed by atoms with Crippen LogP contribution in [0.1, 0.15) is 34.0 Å². The normalized spacial score (nSPS) is 11.3.